The van der Waals surface area contributed by atoms with Crippen LogP contribution in [0.4, 0.5) is 5.69 Å². The van der Waals surface area contributed by atoms with Crippen molar-refractivity contribution >= 4 is 29.0 Å². The molecular weight excluding hydrogens is 386 g/mol. The fourth-order valence-electron chi connectivity index (χ4n) is 3.77. The van der Waals surface area contributed by atoms with E-state index >= 15 is 0 Å². The number of hydrogen-bond acceptors (Lipinski definition) is 5. The lowest BCUT2D eigenvalue weighted by molar-refractivity contribution is 0.0356. The molecule has 29 heavy (non-hydrogen) atoms. The summed E-state index contributed by atoms with van der Waals surface area (Å²) in [5.74, 6) is 0.230. The molecule has 0 amide bonds. The van der Waals surface area contributed by atoms with Gasteiger partial charge in [-0.1, -0.05) is 24.3 Å². The number of benzene rings is 1. The first-order chi connectivity index (χ1) is 14.2. The fourth-order valence-corrected chi connectivity index (χ4v) is 4.05. The van der Waals surface area contributed by atoms with Gasteiger partial charge >= 0.3 is 5.97 Å². The monoisotopic (exact) mass is 417 g/mol. The van der Waals surface area contributed by atoms with Crippen LogP contribution >= 0.6 is 12.2 Å². The Labute approximate surface area is 178 Å². The maximum absolute atomic E-state index is 12.1. The molecule has 0 spiro atoms. The Kier molecular flexibility index (Phi) is 8.46. The summed E-state index contributed by atoms with van der Waals surface area (Å²) in [6, 6.07) is 7.33. The number of carbonyl (C=O) groups excluding carboxylic acids is 1. The minimum Gasteiger partial charge on any atom is -0.465 e. The standard InChI is InChI=1S/C22H31N3O3S/c1-27-21(26)19-9-5-6-10-20(19)23-22(29)25(17-18-7-3-2-4-8-18)12-11-24-13-15-28-16-14-24/h2-3,5-6,9-10,18H,4,7-8,11-17H2,1H3,(H,23,29). The zero-order valence-electron chi connectivity index (χ0n) is 17.1. The highest BCUT2D eigenvalue weighted by atomic mass is 32.1. The number of nitrogens with one attached hydrogen (secondary N) is 1. The number of morpholine rings is 1. The Bertz CT molecular complexity index is 719. The topological polar surface area (TPSA) is 54.0 Å². The number of carbonyl (C=O) groups is 1. The predicted octanol–water partition coefficient (Wildman–Crippen LogP) is 3.16. The second-order valence-corrected chi connectivity index (χ2v) is 7.90. The van der Waals surface area contributed by atoms with Gasteiger partial charge in [0, 0.05) is 32.7 Å². The van der Waals surface area contributed by atoms with E-state index in [0.717, 1.165) is 58.8 Å². The molecule has 6 nitrogen and oxygen atoms in total. The van der Waals surface area contributed by atoms with E-state index in [0.29, 0.717) is 22.3 Å². The summed E-state index contributed by atoms with van der Waals surface area (Å²) in [5.41, 5.74) is 1.18. The quantitative estimate of drug-likeness (QED) is 0.415. The average molecular weight is 418 g/mol. The van der Waals surface area contributed by atoms with E-state index in [-0.39, 0.29) is 5.97 Å². The molecule has 0 bridgehead atoms. The Morgan fingerprint density at radius 3 is 2.83 bits per heavy atom. The summed E-state index contributed by atoms with van der Waals surface area (Å²) in [6.45, 7) is 6.24. The van der Waals surface area contributed by atoms with Crippen LogP contribution in [0, 0.1) is 5.92 Å². The van der Waals surface area contributed by atoms with Crippen LogP contribution in [0.2, 0.25) is 0 Å². The number of thiocarbonyl (C=S) groups is 1. The van der Waals surface area contributed by atoms with Crippen LogP contribution in [0.25, 0.3) is 0 Å². The molecule has 0 aromatic heterocycles. The maximum atomic E-state index is 12.1. The van der Waals surface area contributed by atoms with Crippen molar-refractivity contribution in [3.63, 3.8) is 0 Å². The van der Waals surface area contributed by atoms with Gasteiger partial charge < -0.3 is 19.7 Å². The van der Waals surface area contributed by atoms with Crippen molar-refractivity contribution in [1.82, 2.24) is 9.80 Å². The molecule has 1 aromatic carbocycles. The fraction of sp³-hybridized carbons (Fsp3) is 0.545. The molecule has 1 atom stereocenters. The molecule has 1 saturated heterocycles. The van der Waals surface area contributed by atoms with Crippen LogP contribution in [-0.2, 0) is 9.47 Å². The number of para-hydroxylation sites is 1. The molecule has 3 rings (SSSR count). The Hall–Kier alpha value is -1.96. The minimum atomic E-state index is -0.367. The van der Waals surface area contributed by atoms with Crippen molar-refractivity contribution in [2.45, 2.75) is 19.3 Å². The second kappa shape index (κ2) is 11.3. The lowest BCUT2D eigenvalue weighted by atomic mass is 9.94. The summed E-state index contributed by atoms with van der Waals surface area (Å²) < 4.78 is 10.4. The first-order valence-corrected chi connectivity index (χ1v) is 10.8. The van der Waals surface area contributed by atoms with Crippen molar-refractivity contribution in [3.05, 3.63) is 42.0 Å². The van der Waals surface area contributed by atoms with Gasteiger partial charge in [0.25, 0.3) is 0 Å². The van der Waals surface area contributed by atoms with Crippen LogP contribution in [-0.4, -0.2) is 73.9 Å². The lowest BCUT2D eigenvalue weighted by Gasteiger charge is -2.34. The molecule has 1 N–H and O–H groups in total. The van der Waals surface area contributed by atoms with Crippen LogP contribution in [0.3, 0.4) is 0 Å². The number of nitrogens with zero attached hydrogens (tertiary/aromatic N) is 2. The number of esters is 1. The van der Waals surface area contributed by atoms with Gasteiger partial charge in [-0.25, -0.2) is 4.79 Å². The Morgan fingerprint density at radius 1 is 1.31 bits per heavy atom. The van der Waals surface area contributed by atoms with Gasteiger partial charge in [-0.05, 0) is 49.5 Å². The molecular formula is C22H31N3O3S. The largest absolute Gasteiger partial charge is 0.465 e. The average Bonchev–Trinajstić information content (AvgIpc) is 2.77. The third kappa shape index (κ3) is 6.52. The molecule has 1 aliphatic carbocycles. The van der Waals surface area contributed by atoms with Crippen molar-refractivity contribution in [3.8, 4) is 0 Å². The molecule has 0 radical (unpaired) electrons. The van der Waals surface area contributed by atoms with Gasteiger partial charge in [-0.3, -0.25) is 4.90 Å². The van der Waals surface area contributed by atoms with Crippen molar-refractivity contribution in [2.24, 2.45) is 5.92 Å². The predicted molar refractivity (Wildman–Crippen MR) is 119 cm³/mol. The maximum Gasteiger partial charge on any atom is 0.339 e. The summed E-state index contributed by atoms with van der Waals surface area (Å²) in [5, 5.41) is 3.96. The van der Waals surface area contributed by atoms with Gasteiger partial charge in [0.1, 0.15) is 0 Å². The van der Waals surface area contributed by atoms with Gasteiger partial charge in [0.05, 0.1) is 31.6 Å². The Morgan fingerprint density at radius 2 is 2.10 bits per heavy atom. The van der Waals surface area contributed by atoms with Crippen molar-refractivity contribution in [2.75, 3.05) is 58.4 Å². The third-order valence-electron chi connectivity index (χ3n) is 5.51. The zero-order chi connectivity index (χ0) is 20.5. The SMILES string of the molecule is COC(=O)c1ccccc1NC(=S)N(CCN1CCOCC1)CC1CC=CCC1. The molecule has 1 aromatic rings. The van der Waals surface area contributed by atoms with E-state index in [1.807, 2.05) is 18.2 Å². The molecule has 1 fully saturated rings. The smallest absolute Gasteiger partial charge is 0.339 e. The highest BCUT2D eigenvalue weighted by Crippen LogP contribution is 2.21. The zero-order valence-corrected chi connectivity index (χ0v) is 18.0. The Balaban J connectivity index is 1.67. The van der Waals surface area contributed by atoms with Gasteiger partial charge in [0.2, 0.25) is 0 Å². The van der Waals surface area contributed by atoms with Gasteiger partial charge in [0.15, 0.2) is 5.11 Å². The number of ether oxygens (including phenoxy) is 2. The van der Waals surface area contributed by atoms with E-state index in [1.165, 1.54) is 13.5 Å². The molecule has 0 saturated carbocycles. The summed E-state index contributed by atoms with van der Waals surface area (Å²) >= 11 is 5.78. The molecule has 1 aliphatic heterocycles. The molecule has 1 unspecified atom stereocenters. The molecule has 7 heteroatoms. The third-order valence-corrected chi connectivity index (χ3v) is 5.87. The number of anilines is 1. The summed E-state index contributed by atoms with van der Waals surface area (Å²) in [4.78, 5) is 16.8. The summed E-state index contributed by atoms with van der Waals surface area (Å²) in [6.07, 6.45) is 7.95. The number of hydrogen-bond donors (Lipinski definition) is 1. The van der Waals surface area contributed by atoms with Crippen LogP contribution in [0.1, 0.15) is 29.6 Å². The van der Waals surface area contributed by atoms with Crippen molar-refractivity contribution in [1.29, 1.82) is 0 Å². The van der Waals surface area contributed by atoms with E-state index in [9.17, 15) is 4.79 Å². The summed E-state index contributed by atoms with van der Waals surface area (Å²) in [7, 11) is 1.39. The van der Waals surface area contributed by atoms with E-state index in [4.69, 9.17) is 21.7 Å². The van der Waals surface area contributed by atoms with Gasteiger partial charge in [-0.15, -0.1) is 0 Å². The van der Waals surface area contributed by atoms with Crippen LogP contribution in [0.15, 0.2) is 36.4 Å². The molecule has 158 valence electrons. The minimum absolute atomic E-state index is 0.367. The number of allylic oxidation sites excluding steroid dienone is 2. The first kappa shape index (κ1) is 21.7. The van der Waals surface area contributed by atoms with Crippen molar-refractivity contribution < 1.29 is 14.3 Å². The normalized spacial score (nSPS) is 19.6. The van der Waals surface area contributed by atoms with Crippen LogP contribution in [0.5, 0.6) is 0 Å². The lowest BCUT2D eigenvalue weighted by Crippen LogP contribution is -2.45. The highest BCUT2D eigenvalue weighted by molar-refractivity contribution is 7.80. The van der Waals surface area contributed by atoms with E-state index in [2.05, 4.69) is 27.3 Å². The first-order valence-electron chi connectivity index (χ1n) is 10.4. The number of methoxy groups -OCH3 is 1. The van der Waals surface area contributed by atoms with Crippen LogP contribution < -0.4 is 5.32 Å². The second-order valence-electron chi connectivity index (χ2n) is 7.52. The number of rotatable bonds is 7. The van der Waals surface area contributed by atoms with E-state index < -0.39 is 0 Å². The van der Waals surface area contributed by atoms with Gasteiger partial charge in [-0.2, -0.15) is 0 Å². The molecule has 1 heterocycles. The molecule has 2 aliphatic rings. The highest BCUT2D eigenvalue weighted by Gasteiger charge is 2.20. The van der Waals surface area contributed by atoms with E-state index in [1.54, 1.807) is 6.07 Å².